The molecule has 0 bridgehead atoms. The van der Waals surface area contributed by atoms with E-state index in [1.54, 1.807) is 0 Å². The number of nitrogens with zero attached hydrogens (tertiary/aromatic N) is 4. The van der Waals surface area contributed by atoms with Gasteiger partial charge in [0.05, 0.1) is 25.4 Å². The van der Waals surface area contributed by atoms with Gasteiger partial charge in [-0.15, -0.1) is 0 Å². The summed E-state index contributed by atoms with van der Waals surface area (Å²) in [5.41, 5.74) is 6.73. The molecule has 2 rings (SSSR count). The fraction of sp³-hybridized carbons (Fsp3) is 0.692. The van der Waals surface area contributed by atoms with Crippen molar-refractivity contribution in [1.29, 1.82) is 0 Å². The highest BCUT2D eigenvalue weighted by atomic mass is 16.5. The number of carbonyl (C=O) groups excluding carboxylic acids is 1. The molecule has 0 aliphatic carbocycles. The second kappa shape index (κ2) is 7.85. The Hall–Kier alpha value is -2.00. The second-order valence-electron chi connectivity index (χ2n) is 5.39. The first-order valence-corrected chi connectivity index (χ1v) is 7.20. The van der Waals surface area contributed by atoms with Gasteiger partial charge in [-0.2, -0.15) is 0 Å². The number of rotatable bonds is 6. The van der Waals surface area contributed by atoms with E-state index in [0.29, 0.717) is 19.8 Å². The van der Waals surface area contributed by atoms with Gasteiger partial charge in [0.2, 0.25) is 11.9 Å². The number of nitrogens with two attached hydrogens (primary N) is 1. The van der Waals surface area contributed by atoms with E-state index in [9.17, 15) is 4.79 Å². The Kier molecular flexibility index (Phi) is 5.84. The van der Waals surface area contributed by atoms with Crippen LogP contribution in [0.15, 0.2) is 11.6 Å². The molecular formula is C13H22N6O3. The van der Waals surface area contributed by atoms with Crippen LogP contribution in [0, 0.1) is 0 Å². The third-order valence-electron chi connectivity index (χ3n) is 3.29. The van der Waals surface area contributed by atoms with Crippen molar-refractivity contribution in [3.63, 3.8) is 0 Å². The van der Waals surface area contributed by atoms with E-state index in [1.807, 2.05) is 19.9 Å². The fourth-order valence-corrected chi connectivity index (χ4v) is 2.10. The largest absolute Gasteiger partial charge is 0.379 e. The number of carbonyl (C=O) groups is 1. The zero-order valence-electron chi connectivity index (χ0n) is 12.9. The Morgan fingerprint density at radius 2 is 2.41 bits per heavy atom. The number of anilines is 1. The van der Waals surface area contributed by atoms with Crippen LogP contribution < -0.4 is 11.1 Å². The predicted molar refractivity (Wildman–Crippen MR) is 78.8 cm³/mol. The number of tetrazole rings is 1. The quantitative estimate of drug-likeness (QED) is 0.681. The monoisotopic (exact) mass is 310 g/mol. The number of amides is 1. The Morgan fingerprint density at radius 1 is 1.59 bits per heavy atom. The highest BCUT2D eigenvalue weighted by Gasteiger charge is 2.28. The molecule has 1 aliphatic rings. The number of nitrogen functional groups attached to an aromatic ring is 1. The first-order chi connectivity index (χ1) is 10.6. The lowest BCUT2D eigenvalue weighted by atomic mass is 10.1. The average Bonchev–Trinajstić information content (AvgIpc) is 2.85. The molecule has 1 saturated heterocycles. The average molecular weight is 310 g/mol. The molecule has 1 amide bonds. The smallest absolute Gasteiger partial charge is 0.242 e. The maximum atomic E-state index is 12.1. The lowest BCUT2D eigenvalue weighted by Gasteiger charge is -2.31. The van der Waals surface area contributed by atoms with E-state index < -0.39 is 0 Å². The van der Waals surface area contributed by atoms with Crippen LogP contribution in [-0.2, 0) is 20.8 Å². The number of ether oxygens (including phenoxy) is 2. The van der Waals surface area contributed by atoms with Crippen LogP contribution in [0.2, 0.25) is 0 Å². The van der Waals surface area contributed by atoms with E-state index in [2.05, 4.69) is 20.8 Å². The maximum Gasteiger partial charge on any atom is 0.242 e. The molecule has 0 radical (unpaired) electrons. The van der Waals surface area contributed by atoms with Gasteiger partial charge in [-0.05, 0) is 30.7 Å². The highest BCUT2D eigenvalue weighted by molar-refractivity contribution is 5.76. The van der Waals surface area contributed by atoms with Crippen molar-refractivity contribution < 1.29 is 14.3 Å². The molecule has 0 spiro atoms. The lowest BCUT2D eigenvalue weighted by Crippen LogP contribution is -2.51. The molecule has 0 aromatic carbocycles. The van der Waals surface area contributed by atoms with Gasteiger partial charge in [0.1, 0.15) is 6.54 Å². The Morgan fingerprint density at radius 3 is 3.09 bits per heavy atom. The summed E-state index contributed by atoms with van der Waals surface area (Å²) < 4.78 is 12.5. The first-order valence-electron chi connectivity index (χ1n) is 7.20. The van der Waals surface area contributed by atoms with Crippen LogP contribution in [0.4, 0.5) is 5.95 Å². The molecule has 2 heterocycles. The molecule has 22 heavy (non-hydrogen) atoms. The van der Waals surface area contributed by atoms with E-state index in [0.717, 1.165) is 6.42 Å². The maximum absolute atomic E-state index is 12.1. The summed E-state index contributed by atoms with van der Waals surface area (Å²) in [4.78, 5) is 12.1. The summed E-state index contributed by atoms with van der Waals surface area (Å²) >= 11 is 0. The van der Waals surface area contributed by atoms with E-state index in [1.165, 1.54) is 10.3 Å². The number of hydrogen-bond acceptors (Lipinski definition) is 7. The number of aromatic nitrogens is 4. The zero-order chi connectivity index (χ0) is 15.9. The molecule has 2 atom stereocenters. The van der Waals surface area contributed by atoms with Gasteiger partial charge in [0.15, 0.2) is 0 Å². The highest BCUT2D eigenvalue weighted by Crippen LogP contribution is 2.12. The normalized spacial score (nSPS) is 21.4. The SMILES string of the molecule is CC(C)=CCO[C@H]1CCOC[C@H]1NC(=O)Cn1nnnc1N. The molecule has 0 saturated carbocycles. The molecule has 1 aliphatic heterocycles. The summed E-state index contributed by atoms with van der Waals surface area (Å²) in [6.45, 7) is 5.59. The van der Waals surface area contributed by atoms with Gasteiger partial charge < -0.3 is 20.5 Å². The molecule has 1 aromatic heterocycles. The van der Waals surface area contributed by atoms with Crippen molar-refractivity contribution in [1.82, 2.24) is 25.5 Å². The van der Waals surface area contributed by atoms with Gasteiger partial charge in [-0.1, -0.05) is 16.7 Å². The lowest BCUT2D eigenvalue weighted by molar-refractivity contribution is -0.126. The van der Waals surface area contributed by atoms with Crippen molar-refractivity contribution in [3.05, 3.63) is 11.6 Å². The minimum Gasteiger partial charge on any atom is -0.379 e. The van der Waals surface area contributed by atoms with Crippen LogP contribution in [0.3, 0.4) is 0 Å². The molecule has 9 nitrogen and oxygen atoms in total. The predicted octanol–water partition coefficient (Wildman–Crippen LogP) is -0.488. The van der Waals surface area contributed by atoms with Gasteiger partial charge in [-0.3, -0.25) is 4.79 Å². The Balaban J connectivity index is 1.86. The topological polar surface area (TPSA) is 117 Å². The molecule has 1 fully saturated rings. The summed E-state index contributed by atoms with van der Waals surface area (Å²) in [5, 5.41) is 13.5. The van der Waals surface area contributed by atoms with E-state index in [-0.39, 0.29) is 30.5 Å². The number of nitrogens with one attached hydrogen (secondary N) is 1. The van der Waals surface area contributed by atoms with E-state index in [4.69, 9.17) is 15.2 Å². The van der Waals surface area contributed by atoms with Crippen LogP contribution in [0.5, 0.6) is 0 Å². The summed E-state index contributed by atoms with van der Waals surface area (Å²) in [7, 11) is 0. The minimum absolute atomic E-state index is 0.0317. The molecule has 0 unspecified atom stereocenters. The number of hydrogen-bond donors (Lipinski definition) is 2. The third-order valence-corrected chi connectivity index (χ3v) is 3.29. The fourth-order valence-electron chi connectivity index (χ4n) is 2.10. The van der Waals surface area contributed by atoms with Crippen LogP contribution in [-0.4, -0.2) is 58.1 Å². The van der Waals surface area contributed by atoms with Crippen LogP contribution in [0.25, 0.3) is 0 Å². The first kappa shape index (κ1) is 16.4. The molecule has 3 N–H and O–H groups in total. The molecular weight excluding hydrogens is 288 g/mol. The van der Waals surface area contributed by atoms with Crippen molar-refractivity contribution >= 4 is 11.9 Å². The molecule has 1 aromatic rings. The Bertz CT molecular complexity index is 526. The van der Waals surface area contributed by atoms with Gasteiger partial charge in [0, 0.05) is 6.61 Å². The van der Waals surface area contributed by atoms with Crippen LogP contribution in [0.1, 0.15) is 20.3 Å². The summed E-state index contributed by atoms with van der Waals surface area (Å²) in [5.74, 6) is -0.128. The molecule has 9 heteroatoms. The zero-order valence-corrected chi connectivity index (χ0v) is 12.9. The van der Waals surface area contributed by atoms with Crippen LogP contribution >= 0.6 is 0 Å². The van der Waals surface area contributed by atoms with Crippen molar-refractivity contribution in [2.75, 3.05) is 25.6 Å². The van der Waals surface area contributed by atoms with Gasteiger partial charge >= 0.3 is 0 Å². The standard InChI is InChI=1S/C13H22N6O3/c1-9(2)3-6-22-11-4-5-21-8-10(11)15-12(20)7-19-13(14)16-17-18-19/h3,10-11H,4-8H2,1-2H3,(H,15,20)(H2,14,16,18)/t10-,11+/m1/s1. The van der Waals surface area contributed by atoms with E-state index >= 15 is 0 Å². The van der Waals surface area contributed by atoms with Gasteiger partial charge in [0.25, 0.3) is 0 Å². The van der Waals surface area contributed by atoms with Crippen molar-refractivity contribution in [2.45, 2.75) is 39.0 Å². The third kappa shape index (κ3) is 4.78. The summed E-state index contributed by atoms with van der Waals surface area (Å²) in [6.07, 6.45) is 2.68. The van der Waals surface area contributed by atoms with Gasteiger partial charge in [-0.25, -0.2) is 4.68 Å². The molecule has 122 valence electrons. The summed E-state index contributed by atoms with van der Waals surface area (Å²) in [6, 6.07) is -0.190. The second-order valence-corrected chi connectivity index (χ2v) is 5.39. The van der Waals surface area contributed by atoms with Crippen molar-refractivity contribution in [2.24, 2.45) is 0 Å². The Labute approximate surface area is 128 Å². The number of allylic oxidation sites excluding steroid dienone is 1. The minimum atomic E-state index is -0.231. The van der Waals surface area contributed by atoms with Crippen molar-refractivity contribution in [3.8, 4) is 0 Å².